The van der Waals surface area contributed by atoms with Gasteiger partial charge in [-0.2, -0.15) is 11.8 Å². The number of nitrogens with two attached hydrogens (primary N) is 1. The number of thioether (sulfide) groups is 1. The van der Waals surface area contributed by atoms with Crippen molar-refractivity contribution in [2.45, 2.75) is 19.4 Å². The summed E-state index contributed by atoms with van der Waals surface area (Å²) in [7, 11) is 1.69. The van der Waals surface area contributed by atoms with Gasteiger partial charge in [0.1, 0.15) is 5.75 Å². The number of methoxy groups -OCH3 is 1. The van der Waals surface area contributed by atoms with E-state index in [0.29, 0.717) is 0 Å². The molecule has 1 aromatic rings. The van der Waals surface area contributed by atoms with Crippen molar-refractivity contribution in [1.29, 1.82) is 0 Å². The normalized spacial score (nSPS) is 12.5. The van der Waals surface area contributed by atoms with Crippen LogP contribution in [0.3, 0.4) is 0 Å². The van der Waals surface area contributed by atoms with E-state index in [-0.39, 0.29) is 6.04 Å². The van der Waals surface area contributed by atoms with Crippen LogP contribution in [0.1, 0.15) is 23.6 Å². The third-order valence-corrected chi connectivity index (χ3v) is 3.06. The molecule has 0 aliphatic heterocycles. The third-order valence-electron chi connectivity index (χ3n) is 2.42. The standard InChI is InChI=1S/C12H19NOS/c1-9-4-5-12(14-2)10(8-9)11(13)6-7-15-3/h4-5,8,11H,6-7,13H2,1-3H3. The molecule has 1 atom stereocenters. The lowest BCUT2D eigenvalue weighted by Crippen LogP contribution is -2.12. The van der Waals surface area contributed by atoms with Gasteiger partial charge in [-0.15, -0.1) is 0 Å². The van der Waals surface area contributed by atoms with E-state index in [2.05, 4.69) is 19.2 Å². The molecular weight excluding hydrogens is 206 g/mol. The van der Waals surface area contributed by atoms with E-state index >= 15 is 0 Å². The number of hydrogen-bond donors (Lipinski definition) is 1. The van der Waals surface area contributed by atoms with Gasteiger partial charge in [-0.25, -0.2) is 0 Å². The van der Waals surface area contributed by atoms with E-state index in [1.54, 1.807) is 7.11 Å². The third kappa shape index (κ3) is 3.43. The molecule has 0 saturated carbocycles. The summed E-state index contributed by atoms with van der Waals surface area (Å²) in [5.74, 6) is 1.98. The largest absolute Gasteiger partial charge is 0.496 e. The Labute approximate surface area is 96.2 Å². The van der Waals surface area contributed by atoms with Gasteiger partial charge in [0.2, 0.25) is 0 Å². The second kappa shape index (κ2) is 6.03. The Kier molecular flexibility index (Phi) is 4.99. The van der Waals surface area contributed by atoms with Gasteiger partial charge < -0.3 is 10.5 Å². The quantitative estimate of drug-likeness (QED) is 0.837. The Bertz CT molecular complexity index is 314. The Morgan fingerprint density at radius 2 is 2.20 bits per heavy atom. The minimum Gasteiger partial charge on any atom is -0.496 e. The van der Waals surface area contributed by atoms with Gasteiger partial charge in [0.15, 0.2) is 0 Å². The second-order valence-electron chi connectivity index (χ2n) is 3.63. The van der Waals surface area contributed by atoms with Gasteiger partial charge in [-0.1, -0.05) is 17.7 Å². The first-order valence-electron chi connectivity index (χ1n) is 5.08. The maximum atomic E-state index is 6.13. The van der Waals surface area contributed by atoms with E-state index < -0.39 is 0 Å². The van der Waals surface area contributed by atoms with E-state index in [1.165, 1.54) is 5.56 Å². The van der Waals surface area contributed by atoms with Crippen LogP contribution in [0.15, 0.2) is 18.2 Å². The highest BCUT2D eigenvalue weighted by Crippen LogP contribution is 2.27. The molecule has 1 unspecified atom stereocenters. The number of benzene rings is 1. The van der Waals surface area contributed by atoms with Gasteiger partial charge in [0.25, 0.3) is 0 Å². The molecule has 0 radical (unpaired) electrons. The summed E-state index contributed by atoms with van der Waals surface area (Å²) in [6.45, 7) is 2.07. The first-order valence-corrected chi connectivity index (χ1v) is 6.47. The molecule has 84 valence electrons. The summed E-state index contributed by atoms with van der Waals surface area (Å²) in [6, 6.07) is 6.23. The molecule has 0 aliphatic carbocycles. The Morgan fingerprint density at radius 1 is 1.47 bits per heavy atom. The number of rotatable bonds is 5. The van der Waals surface area contributed by atoms with Crippen LogP contribution in [0.2, 0.25) is 0 Å². The molecule has 0 aliphatic rings. The first kappa shape index (κ1) is 12.4. The van der Waals surface area contributed by atoms with Crippen LogP contribution in [0.25, 0.3) is 0 Å². The number of ether oxygens (including phenoxy) is 1. The first-order chi connectivity index (χ1) is 7.19. The fourth-order valence-electron chi connectivity index (χ4n) is 1.54. The Hall–Kier alpha value is -0.670. The van der Waals surface area contributed by atoms with Crippen LogP contribution >= 0.6 is 11.8 Å². The summed E-state index contributed by atoms with van der Waals surface area (Å²) >= 11 is 1.82. The molecule has 0 fully saturated rings. The SMILES string of the molecule is COc1ccc(C)cc1C(N)CCSC. The van der Waals surface area contributed by atoms with Crippen molar-refractivity contribution in [1.82, 2.24) is 0 Å². The van der Waals surface area contributed by atoms with E-state index in [0.717, 1.165) is 23.5 Å². The smallest absolute Gasteiger partial charge is 0.123 e. The fourth-order valence-corrected chi connectivity index (χ4v) is 2.03. The van der Waals surface area contributed by atoms with Gasteiger partial charge in [-0.3, -0.25) is 0 Å². The van der Waals surface area contributed by atoms with E-state index in [4.69, 9.17) is 10.5 Å². The lowest BCUT2D eigenvalue weighted by atomic mass is 10.0. The Balaban J connectivity index is 2.85. The monoisotopic (exact) mass is 225 g/mol. The highest BCUT2D eigenvalue weighted by atomic mass is 32.2. The molecule has 0 aromatic heterocycles. The molecule has 3 heteroatoms. The lowest BCUT2D eigenvalue weighted by Gasteiger charge is -2.15. The predicted octanol–water partition coefficient (Wildman–Crippen LogP) is 2.76. The average molecular weight is 225 g/mol. The molecule has 0 heterocycles. The van der Waals surface area contributed by atoms with Gasteiger partial charge in [0, 0.05) is 11.6 Å². The summed E-state index contributed by atoms with van der Waals surface area (Å²) in [4.78, 5) is 0. The van der Waals surface area contributed by atoms with Crippen LogP contribution in [0, 0.1) is 6.92 Å². The van der Waals surface area contributed by atoms with Gasteiger partial charge >= 0.3 is 0 Å². The average Bonchev–Trinajstić information content (AvgIpc) is 2.25. The van der Waals surface area contributed by atoms with Crippen molar-refractivity contribution in [2.24, 2.45) is 5.73 Å². The Morgan fingerprint density at radius 3 is 2.80 bits per heavy atom. The van der Waals surface area contributed by atoms with Gasteiger partial charge in [-0.05, 0) is 31.4 Å². The van der Waals surface area contributed by atoms with Crippen LogP contribution in [0.4, 0.5) is 0 Å². The van der Waals surface area contributed by atoms with E-state index in [9.17, 15) is 0 Å². The summed E-state index contributed by atoms with van der Waals surface area (Å²) in [5, 5.41) is 0. The zero-order valence-corrected chi connectivity index (χ0v) is 10.4. The second-order valence-corrected chi connectivity index (χ2v) is 4.62. The molecule has 0 bridgehead atoms. The highest BCUT2D eigenvalue weighted by Gasteiger charge is 2.11. The fraction of sp³-hybridized carbons (Fsp3) is 0.500. The molecule has 2 nitrogen and oxygen atoms in total. The molecule has 1 rings (SSSR count). The van der Waals surface area contributed by atoms with Crippen molar-refractivity contribution in [3.63, 3.8) is 0 Å². The summed E-state index contributed by atoms with van der Waals surface area (Å²) in [6.07, 6.45) is 3.08. The molecule has 1 aromatic carbocycles. The summed E-state index contributed by atoms with van der Waals surface area (Å²) in [5.41, 5.74) is 8.48. The maximum Gasteiger partial charge on any atom is 0.123 e. The van der Waals surface area contributed by atoms with Crippen LogP contribution < -0.4 is 10.5 Å². The highest BCUT2D eigenvalue weighted by molar-refractivity contribution is 7.98. The van der Waals surface area contributed by atoms with Crippen molar-refractivity contribution in [2.75, 3.05) is 19.1 Å². The zero-order valence-electron chi connectivity index (χ0n) is 9.62. The molecule has 2 N–H and O–H groups in total. The van der Waals surface area contributed by atoms with Crippen molar-refractivity contribution >= 4 is 11.8 Å². The predicted molar refractivity (Wildman–Crippen MR) is 67.7 cm³/mol. The van der Waals surface area contributed by atoms with Gasteiger partial charge in [0.05, 0.1) is 7.11 Å². The summed E-state index contributed by atoms with van der Waals surface area (Å²) < 4.78 is 5.31. The minimum absolute atomic E-state index is 0.0762. The van der Waals surface area contributed by atoms with E-state index in [1.807, 2.05) is 23.9 Å². The van der Waals surface area contributed by atoms with Crippen LogP contribution in [-0.4, -0.2) is 19.1 Å². The van der Waals surface area contributed by atoms with Crippen LogP contribution in [-0.2, 0) is 0 Å². The maximum absolute atomic E-state index is 6.13. The number of aryl methyl sites for hydroxylation is 1. The van der Waals surface area contributed by atoms with Crippen LogP contribution in [0.5, 0.6) is 5.75 Å². The topological polar surface area (TPSA) is 35.2 Å². The lowest BCUT2D eigenvalue weighted by molar-refractivity contribution is 0.405. The van der Waals surface area contributed by atoms with Crippen molar-refractivity contribution in [3.05, 3.63) is 29.3 Å². The molecule has 0 amide bonds. The molecular formula is C12H19NOS. The molecule has 15 heavy (non-hydrogen) atoms. The molecule has 0 spiro atoms. The van der Waals surface area contributed by atoms with Crippen molar-refractivity contribution < 1.29 is 4.74 Å². The molecule has 0 saturated heterocycles. The number of hydrogen-bond acceptors (Lipinski definition) is 3. The van der Waals surface area contributed by atoms with Crippen molar-refractivity contribution in [3.8, 4) is 5.75 Å². The zero-order chi connectivity index (χ0) is 11.3. The minimum atomic E-state index is 0.0762.